The lowest BCUT2D eigenvalue weighted by Gasteiger charge is -2.17. The van der Waals surface area contributed by atoms with E-state index in [0.29, 0.717) is 12.1 Å². The molecular weight excluding hydrogens is 361 g/mol. The average Bonchev–Trinajstić information content (AvgIpc) is 2.50. The van der Waals surface area contributed by atoms with Gasteiger partial charge in [0.25, 0.3) is 16.0 Å². The molecule has 6 nitrogen and oxygen atoms in total. The fourth-order valence-electron chi connectivity index (χ4n) is 2.36. The molecular formula is C15H13F3N2O4S. The van der Waals surface area contributed by atoms with E-state index in [4.69, 9.17) is 5.73 Å². The molecule has 0 aliphatic rings. The predicted octanol–water partition coefficient (Wildman–Crippen LogP) is 2.08. The topological polar surface area (TPSA) is 110 Å². The summed E-state index contributed by atoms with van der Waals surface area (Å²) in [6, 6.07) is 2.38. The Bertz CT molecular complexity index is 948. The van der Waals surface area contributed by atoms with E-state index < -0.39 is 50.7 Å². The Labute approximate surface area is 141 Å². The van der Waals surface area contributed by atoms with Crippen molar-refractivity contribution in [2.75, 3.05) is 0 Å². The van der Waals surface area contributed by atoms with Crippen LogP contribution in [0.2, 0.25) is 0 Å². The lowest BCUT2D eigenvalue weighted by atomic mass is 10.00. The number of primary amides is 1. The van der Waals surface area contributed by atoms with Crippen LogP contribution in [0.25, 0.3) is 0 Å². The van der Waals surface area contributed by atoms with Crippen LogP contribution in [0.3, 0.4) is 0 Å². The highest BCUT2D eigenvalue weighted by Gasteiger charge is 2.30. The number of carbonyl (C=O) groups excluding carboxylic acids is 1. The highest BCUT2D eigenvalue weighted by atomic mass is 32.2. The third kappa shape index (κ3) is 3.97. The molecule has 0 saturated heterocycles. The molecule has 3 N–H and O–H groups in total. The third-order valence-corrected chi connectivity index (χ3v) is 4.78. The molecule has 10 heteroatoms. The Morgan fingerprint density at radius 3 is 2.40 bits per heavy atom. The number of pyridine rings is 1. The maximum atomic E-state index is 13.8. The minimum atomic E-state index is -4.83. The number of benzene rings is 1. The van der Waals surface area contributed by atoms with Gasteiger partial charge in [-0.3, -0.25) is 14.3 Å². The summed E-state index contributed by atoms with van der Waals surface area (Å²) in [6.45, 7) is 1.40. The zero-order chi connectivity index (χ0) is 18.9. The van der Waals surface area contributed by atoms with Gasteiger partial charge in [-0.25, -0.2) is 13.2 Å². The van der Waals surface area contributed by atoms with Crippen molar-refractivity contribution in [1.29, 1.82) is 0 Å². The van der Waals surface area contributed by atoms with Crippen molar-refractivity contribution in [2.24, 2.45) is 5.73 Å². The van der Waals surface area contributed by atoms with E-state index in [1.165, 1.54) is 13.0 Å². The van der Waals surface area contributed by atoms with E-state index in [1.807, 2.05) is 0 Å². The minimum Gasteiger partial charge on any atom is -0.364 e. The summed E-state index contributed by atoms with van der Waals surface area (Å²) in [4.78, 5) is 14.8. The largest absolute Gasteiger partial charge is 0.364 e. The van der Waals surface area contributed by atoms with Gasteiger partial charge in [-0.1, -0.05) is 0 Å². The number of aromatic nitrogens is 1. The second-order valence-corrected chi connectivity index (χ2v) is 6.92. The summed E-state index contributed by atoms with van der Waals surface area (Å²) in [5, 5.41) is -1.81. The van der Waals surface area contributed by atoms with Gasteiger partial charge in [0, 0.05) is 18.2 Å². The molecule has 134 valence electrons. The van der Waals surface area contributed by atoms with E-state index in [-0.39, 0.29) is 16.8 Å². The first-order chi connectivity index (χ1) is 11.5. The summed E-state index contributed by atoms with van der Waals surface area (Å²) >= 11 is 0. The molecule has 1 amide bonds. The summed E-state index contributed by atoms with van der Waals surface area (Å²) < 4.78 is 73.8. The monoisotopic (exact) mass is 374 g/mol. The molecule has 25 heavy (non-hydrogen) atoms. The van der Waals surface area contributed by atoms with E-state index in [9.17, 15) is 30.9 Å². The average molecular weight is 374 g/mol. The minimum absolute atomic E-state index is 0.101. The Balaban J connectivity index is 2.57. The normalized spacial score (nSPS) is 12.8. The lowest BCUT2D eigenvalue weighted by molar-refractivity contribution is 0.0995. The van der Waals surface area contributed by atoms with Gasteiger partial charge in [-0.15, -0.1) is 0 Å². The van der Waals surface area contributed by atoms with Crippen molar-refractivity contribution >= 4 is 16.0 Å². The number of hydrogen-bond donors (Lipinski definition) is 2. The van der Waals surface area contributed by atoms with Gasteiger partial charge >= 0.3 is 0 Å². The first-order valence-electron chi connectivity index (χ1n) is 6.87. The van der Waals surface area contributed by atoms with Gasteiger partial charge in [0.1, 0.15) is 16.8 Å². The van der Waals surface area contributed by atoms with Crippen LogP contribution in [0.5, 0.6) is 0 Å². The van der Waals surface area contributed by atoms with Crippen molar-refractivity contribution < 1.29 is 30.9 Å². The molecule has 0 fully saturated rings. The highest BCUT2D eigenvalue weighted by molar-refractivity contribution is 7.86. The Kier molecular flexibility index (Phi) is 5.14. The number of aryl methyl sites for hydroxylation is 1. The molecule has 1 atom stereocenters. The van der Waals surface area contributed by atoms with Crippen LogP contribution in [0.15, 0.2) is 24.4 Å². The Morgan fingerprint density at radius 2 is 1.88 bits per heavy atom. The molecule has 0 aliphatic heterocycles. The first-order valence-corrected chi connectivity index (χ1v) is 8.37. The van der Waals surface area contributed by atoms with Crippen molar-refractivity contribution in [3.8, 4) is 0 Å². The molecule has 2 aromatic rings. The number of amides is 1. The Morgan fingerprint density at radius 1 is 1.28 bits per heavy atom. The van der Waals surface area contributed by atoms with Crippen LogP contribution in [-0.4, -0.2) is 23.9 Å². The molecule has 1 aromatic heterocycles. The van der Waals surface area contributed by atoms with Crippen molar-refractivity contribution in [3.63, 3.8) is 0 Å². The lowest BCUT2D eigenvalue weighted by Crippen LogP contribution is -2.20. The molecule has 0 radical (unpaired) electrons. The fourth-order valence-corrected chi connectivity index (χ4v) is 3.30. The predicted molar refractivity (Wildman–Crippen MR) is 81.8 cm³/mol. The maximum absolute atomic E-state index is 13.8. The van der Waals surface area contributed by atoms with Crippen molar-refractivity contribution in [1.82, 2.24) is 4.98 Å². The van der Waals surface area contributed by atoms with Crippen LogP contribution in [-0.2, 0) is 16.5 Å². The molecule has 2 rings (SSSR count). The van der Waals surface area contributed by atoms with Crippen molar-refractivity contribution in [3.05, 3.63) is 64.2 Å². The number of nitrogens with two attached hydrogens (primary N) is 1. The van der Waals surface area contributed by atoms with Crippen LogP contribution in [0, 0.1) is 24.4 Å². The molecule has 1 heterocycles. The van der Waals surface area contributed by atoms with Gasteiger partial charge < -0.3 is 5.73 Å². The zero-order valence-corrected chi connectivity index (χ0v) is 13.6. The van der Waals surface area contributed by atoms with E-state index >= 15 is 0 Å². The molecule has 0 spiro atoms. The molecule has 0 bridgehead atoms. The Hall–Kier alpha value is -2.46. The summed E-state index contributed by atoms with van der Waals surface area (Å²) in [5.74, 6) is -4.93. The van der Waals surface area contributed by atoms with Gasteiger partial charge in [0.2, 0.25) is 0 Å². The summed E-state index contributed by atoms with van der Waals surface area (Å²) in [7, 11) is -4.83. The van der Waals surface area contributed by atoms with Gasteiger partial charge in [-0.2, -0.15) is 8.42 Å². The first kappa shape index (κ1) is 18.9. The smallest absolute Gasteiger partial charge is 0.272 e. The molecule has 1 aromatic carbocycles. The van der Waals surface area contributed by atoms with Crippen LogP contribution in [0.4, 0.5) is 13.2 Å². The second-order valence-electron chi connectivity index (χ2n) is 5.32. The van der Waals surface area contributed by atoms with Crippen molar-refractivity contribution in [2.45, 2.75) is 18.6 Å². The number of carbonyl (C=O) groups is 1. The van der Waals surface area contributed by atoms with Crippen LogP contribution < -0.4 is 5.73 Å². The molecule has 1 unspecified atom stereocenters. The highest BCUT2D eigenvalue weighted by Crippen LogP contribution is 2.30. The fraction of sp³-hybridized carbons (Fsp3) is 0.200. The third-order valence-electron chi connectivity index (χ3n) is 3.64. The summed E-state index contributed by atoms with van der Waals surface area (Å²) in [6.07, 6.45) is 0.0929. The van der Waals surface area contributed by atoms with E-state index in [2.05, 4.69) is 4.98 Å². The molecule has 0 saturated carbocycles. The number of nitrogens with zero attached hydrogens (tertiary/aromatic N) is 1. The van der Waals surface area contributed by atoms with E-state index in [0.717, 1.165) is 6.20 Å². The quantitative estimate of drug-likeness (QED) is 0.615. The SMILES string of the molecule is Cc1cc(C(N)=O)ncc1C(Cc1c(F)ccc(F)c1F)S(=O)(=O)O. The van der Waals surface area contributed by atoms with Crippen LogP contribution in [0.1, 0.15) is 32.4 Å². The van der Waals surface area contributed by atoms with Crippen LogP contribution >= 0.6 is 0 Å². The van der Waals surface area contributed by atoms with E-state index in [1.54, 1.807) is 0 Å². The standard InChI is InChI=1S/C15H13F3N2O4S/c1-7-4-12(15(19)21)20-6-9(7)13(25(22,23)24)5-8-10(16)2-3-11(17)14(8)18/h2-4,6,13H,5H2,1H3,(H2,19,21)(H,22,23,24). The molecule has 0 aliphatic carbocycles. The van der Waals surface area contributed by atoms with Gasteiger partial charge in [0.05, 0.1) is 0 Å². The number of halogens is 3. The number of rotatable bonds is 5. The zero-order valence-electron chi connectivity index (χ0n) is 12.8. The number of hydrogen-bond acceptors (Lipinski definition) is 4. The second kappa shape index (κ2) is 6.81. The summed E-state index contributed by atoms with van der Waals surface area (Å²) in [5.41, 5.74) is 4.17. The van der Waals surface area contributed by atoms with Gasteiger partial charge in [-0.05, 0) is 36.2 Å². The van der Waals surface area contributed by atoms with Gasteiger partial charge in [0.15, 0.2) is 11.6 Å². The maximum Gasteiger partial charge on any atom is 0.272 e.